The molecule has 0 spiro atoms. The number of methoxy groups -OCH3 is 2. The standard InChI is InChI=1S/C26H19N3O7S/c1-35-17-8-6-14(7-9-17)23(30)21-22(15-4-3-5-16(12-15)29(33)34)28(25(32)24(21)31)26-27-19-11-10-18(36-2)13-20(19)37-26/h3-13,22,30H,1-2H3/t22-/m1/s1. The molecule has 2 heterocycles. The molecule has 1 aliphatic heterocycles. The van der Waals surface area contributed by atoms with E-state index in [0.29, 0.717) is 21.7 Å². The predicted octanol–water partition coefficient (Wildman–Crippen LogP) is 4.85. The van der Waals surface area contributed by atoms with Crippen LogP contribution in [0.25, 0.3) is 16.0 Å². The molecular formula is C26H19N3O7S. The summed E-state index contributed by atoms with van der Waals surface area (Å²) in [6.07, 6.45) is 0. The fourth-order valence-corrected chi connectivity index (χ4v) is 5.20. The molecule has 11 heteroatoms. The number of ether oxygens (including phenoxy) is 2. The van der Waals surface area contributed by atoms with Crippen LogP contribution in [0.4, 0.5) is 10.8 Å². The summed E-state index contributed by atoms with van der Waals surface area (Å²) in [5, 5.41) is 22.9. The van der Waals surface area contributed by atoms with E-state index in [-0.39, 0.29) is 27.5 Å². The number of carbonyl (C=O) groups is 2. The molecule has 186 valence electrons. The fourth-order valence-electron chi connectivity index (χ4n) is 4.18. The Morgan fingerprint density at radius 3 is 2.41 bits per heavy atom. The first kappa shape index (κ1) is 23.9. The van der Waals surface area contributed by atoms with Gasteiger partial charge in [-0.15, -0.1) is 0 Å². The molecule has 1 atom stereocenters. The minimum atomic E-state index is -1.15. The number of ketones is 1. The van der Waals surface area contributed by atoms with Gasteiger partial charge in [-0.2, -0.15) is 0 Å². The van der Waals surface area contributed by atoms with Crippen molar-refractivity contribution in [1.82, 2.24) is 4.98 Å². The molecule has 3 aromatic carbocycles. The number of benzene rings is 3. The number of non-ortho nitro benzene ring substituents is 1. The number of aromatic nitrogens is 1. The Kier molecular flexibility index (Phi) is 6.06. The van der Waals surface area contributed by atoms with E-state index in [1.165, 1.54) is 37.3 Å². The molecule has 4 aromatic rings. The second-order valence-corrected chi connectivity index (χ2v) is 9.09. The number of hydrogen-bond donors (Lipinski definition) is 1. The van der Waals surface area contributed by atoms with Gasteiger partial charge in [0.1, 0.15) is 17.3 Å². The van der Waals surface area contributed by atoms with Crippen molar-refractivity contribution >= 4 is 49.8 Å². The number of amides is 1. The van der Waals surface area contributed by atoms with Crippen LogP contribution in [0.5, 0.6) is 11.5 Å². The number of carbonyl (C=O) groups excluding carboxylic acids is 2. The van der Waals surface area contributed by atoms with Crippen LogP contribution in [-0.4, -0.2) is 40.9 Å². The van der Waals surface area contributed by atoms with Crippen LogP contribution in [0.2, 0.25) is 0 Å². The SMILES string of the molecule is COc1ccc(C(O)=C2C(=O)C(=O)N(c3nc4ccc(OC)cc4s3)[C@@H]2c2cccc([N+](=O)[O-])c2)cc1. The Morgan fingerprint density at radius 1 is 1.03 bits per heavy atom. The lowest BCUT2D eigenvalue weighted by Crippen LogP contribution is -2.29. The normalized spacial score (nSPS) is 16.8. The van der Waals surface area contributed by atoms with Crippen molar-refractivity contribution in [1.29, 1.82) is 0 Å². The van der Waals surface area contributed by atoms with Crippen molar-refractivity contribution in [2.45, 2.75) is 6.04 Å². The van der Waals surface area contributed by atoms with E-state index < -0.39 is 28.4 Å². The molecule has 10 nitrogen and oxygen atoms in total. The minimum absolute atomic E-state index is 0.201. The number of Topliss-reactive ketones (excluding diaryl/α,β-unsaturated/α-hetero) is 1. The zero-order chi connectivity index (χ0) is 26.3. The zero-order valence-corrected chi connectivity index (χ0v) is 20.4. The number of rotatable bonds is 6. The van der Waals surface area contributed by atoms with Crippen molar-refractivity contribution in [2.75, 3.05) is 19.1 Å². The third-order valence-corrected chi connectivity index (χ3v) is 7.01. The second-order valence-electron chi connectivity index (χ2n) is 8.08. The number of thiazole rings is 1. The summed E-state index contributed by atoms with van der Waals surface area (Å²) in [7, 11) is 3.03. The van der Waals surface area contributed by atoms with Crippen molar-refractivity contribution in [3.05, 3.63) is 93.5 Å². The van der Waals surface area contributed by atoms with E-state index >= 15 is 0 Å². The number of fused-ring (bicyclic) bond motifs is 1. The van der Waals surface area contributed by atoms with Gasteiger partial charge in [0, 0.05) is 17.7 Å². The first-order valence-electron chi connectivity index (χ1n) is 11.0. The van der Waals surface area contributed by atoms with Crippen LogP contribution >= 0.6 is 11.3 Å². The summed E-state index contributed by atoms with van der Waals surface area (Å²) >= 11 is 1.16. The molecule has 1 saturated heterocycles. The lowest BCUT2D eigenvalue weighted by Gasteiger charge is -2.22. The average Bonchev–Trinajstić information content (AvgIpc) is 3.45. The van der Waals surface area contributed by atoms with Gasteiger partial charge in [-0.25, -0.2) is 4.98 Å². The molecule has 1 fully saturated rings. The van der Waals surface area contributed by atoms with E-state index in [0.717, 1.165) is 11.3 Å². The van der Waals surface area contributed by atoms with Gasteiger partial charge in [-0.05, 0) is 48.0 Å². The maximum Gasteiger partial charge on any atom is 0.301 e. The summed E-state index contributed by atoms with van der Waals surface area (Å²) in [4.78, 5) is 43.3. The van der Waals surface area contributed by atoms with Gasteiger partial charge < -0.3 is 14.6 Å². The number of aliphatic hydroxyl groups excluding tert-OH is 1. The van der Waals surface area contributed by atoms with E-state index in [4.69, 9.17) is 9.47 Å². The van der Waals surface area contributed by atoms with Crippen LogP contribution in [0.15, 0.2) is 72.3 Å². The van der Waals surface area contributed by atoms with Crippen LogP contribution < -0.4 is 14.4 Å². The smallest absolute Gasteiger partial charge is 0.301 e. The molecule has 1 aromatic heterocycles. The Labute approximate surface area is 214 Å². The molecule has 0 radical (unpaired) electrons. The van der Waals surface area contributed by atoms with E-state index in [1.54, 1.807) is 48.5 Å². The number of hydrogen-bond acceptors (Lipinski definition) is 9. The van der Waals surface area contributed by atoms with Crippen LogP contribution in [0.1, 0.15) is 17.2 Å². The lowest BCUT2D eigenvalue weighted by atomic mass is 9.95. The molecule has 1 N–H and O–H groups in total. The second kappa shape index (κ2) is 9.36. The van der Waals surface area contributed by atoms with Crippen LogP contribution in [0, 0.1) is 10.1 Å². The third kappa shape index (κ3) is 4.15. The van der Waals surface area contributed by atoms with Crippen molar-refractivity contribution < 1.29 is 29.1 Å². The van der Waals surface area contributed by atoms with E-state index in [2.05, 4.69) is 4.98 Å². The fraction of sp³-hybridized carbons (Fsp3) is 0.115. The summed E-state index contributed by atoms with van der Waals surface area (Å²) in [6.45, 7) is 0. The summed E-state index contributed by atoms with van der Waals surface area (Å²) in [5.41, 5.74) is 0.716. The highest BCUT2D eigenvalue weighted by molar-refractivity contribution is 7.22. The molecule has 0 unspecified atom stereocenters. The molecular weight excluding hydrogens is 498 g/mol. The minimum Gasteiger partial charge on any atom is -0.507 e. The maximum atomic E-state index is 13.4. The number of nitro groups is 1. The van der Waals surface area contributed by atoms with Crippen molar-refractivity contribution in [2.24, 2.45) is 0 Å². The average molecular weight is 518 g/mol. The van der Waals surface area contributed by atoms with Gasteiger partial charge in [0.15, 0.2) is 5.13 Å². The quantitative estimate of drug-likeness (QED) is 0.126. The van der Waals surface area contributed by atoms with Gasteiger partial charge in [-0.1, -0.05) is 23.5 Å². The Morgan fingerprint density at radius 2 is 1.73 bits per heavy atom. The molecule has 1 amide bonds. The Bertz CT molecular complexity index is 1590. The zero-order valence-electron chi connectivity index (χ0n) is 19.6. The molecule has 1 aliphatic rings. The molecule has 0 saturated carbocycles. The summed E-state index contributed by atoms with van der Waals surface area (Å²) < 4.78 is 11.1. The highest BCUT2D eigenvalue weighted by atomic mass is 32.1. The van der Waals surface area contributed by atoms with Crippen molar-refractivity contribution in [3.8, 4) is 11.5 Å². The third-order valence-electron chi connectivity index (χ3n) is 6.00. The van der Waals surface area contributed by atoms with E-state index in [9.17, 15) is 24.8 Å². The Balaban J connectivity index is 1.72. The first-order chi connectivity index (χ1) is 17.8. The highest BCUT2D eigenvalue weighted by Crippen LogP contribution is 2.45. The molecule has 0 bridgehead atoms. The lowest BCUT2D eigenvalue weighted by molar-refractivity contribution is -0.384. The topological polar surface area (TPSA) is 132 Å². The van der Waals surface area contributed by atoms with E-state index in [1.807, 2.05) is 0 Å². The molecule has 5 rings (SSSR count). The number of nitro benzene ring substituents is 1. The summed E-state index contributed by atoms with van der Waals surface area (Å²) in [6, 6.07) is 16.0. The first-order valence-corrected chi connectivity index (χ1v) is 11.8. The monoisotopic (exact) mass is 517 g/mol. The van der Waals surface area contributed by atoms with Gasteiger partial charge in [-0.3, -0.25) is 24.6 Å². The van der Waals surface area contributed by atoms with Gasteiger partial charge in [0.2, 0.25) is 0 Å². The van der Waals surface area contributed by atoms with Gasteiger partial charge in [0.05, 0.1) is 41.0 Å². The number of anilines is 1. The number of aliphatic hydroxyl groups is 1. The predicted molar refractivity (Wildman–Crippen MR) is 137 cm³/mol. The number of nitrogens with zero attached hydrogens (tertiary/aromatic N) is 3. The van der Waals surface area contributed by atoms with Crippen LogP contribution in [-0.2, 0) is 9.59 Å². The largest absolute Gasteiger partial charge is 0.507 e. The highest BCUT2D eigenvalue weighted by Gasteiger charge is 2.48. The Hall–Kier alpha value is -4.77. The molecule has 0 aliphatic carbocycles. The summed E-state index contributed by atoms with van der Waals surface area (Å²) in [5.74, 6) is -1.11. The van der Waals surface area contributed by atoms with Gasteiger partial charge in [0.25, 0.3) is 11.5 Å². The van der Waals surface area contributed by atoms with Crippen molar-refractivity contribution in [3.63, 3.8) is 0 Å². The molecule has 37 heavy (non-hydrogen) atoms. The maximum absolute atomic E-state index is 13.4. The van der Waals surface area contributed by atoms with Crippen LogP contribution in [0.3, 0.4) is 0 Å². The van der Waals surface area contributed by atoms with Gasteiger partial charge >= 0.3 is 5.91 Å².